The van der Waals surface area contributed by atoms with Gasteiger partial charge in [0, 0.05) is 4.90 Å². The van der Waals surface area contributed by atoms with Crippen molar-refractivity contribution in [2.75, 3.05) is 24.3 Å². The molecule has 0 saturated carbocycles. The van der Waals surface area contributed by atoms with Crippen molar-refractivity contribution >= 4 is 40.0 Å². The van der Waals surface area contributed by atoms with Crippen molar-refractivity contribution in [2.45, 2.75) is 17.9 Å². The zero-order valence-electron chi connectivity index (χ0n) is 14.4. The van der Waals surface area contributed by atoms with Crippen molar-refractivity contribution in [3.8, 4) is 17.6 Å². The zero-order chi connectivity index (χ0) is 19.2. The largest absolute Gasteiger partial charge is 0.486 e. The monoisotopic (exact) mass is 404 g/mol. The fourth-order valence-electron chi connectivity index (χ4n) is 2.25. The second-order valence-electron chi connectivity index (χ2n) is 5.49. The first kappa shape index (κ1) is 19.1. The average molecular weight is 404 g/mol. The maximum Gasteiger partial charge on any atom is 0.317 e. The maximum absolute atomic E-state index is 12.1. The van der Waals surface area contributed by atoms with Gasteiger partial charge < -0.3 is 19.5 Å². The summed E-state index contributed by atoms with van der Waals surface area (Å²) in [6.45, 7) is 2.50. The number of nitriles is 1. The summed E-state index contributed by atoms with van der Waals surface area (Å²) in [5.41, 5.74) is 0.376. The quantitative estimate of drug-likeness (QED) is 0.584. The van der Waals surface area contributed by atoms with E-state index in [1.54, 1.807) is 17.5 Å². The highest BCUT2D eigenvalue weighted by Gasteiger charge is 2.20. The number of thiophene rings is 1. The number of amides is 1. The molecule has 1 amide bonds. The predicted molar refractivity (Wildman–Crippen MR) is 101 cm³/mol. The fraction of sp³-hybridized carbons (Fsp3) is 0.278. The van der Waals surface area contributed by atoms with Crippen molar-refractivity contribution < 1.29 is 23.8 Å². The van der Waals surface area contributed by atoms with Crippen molar-refractivity contribution in [3.05, 3.63) is 35.2 Å². The number of rotatable bonds is 6. The Morgan fingerprint density at radius 1 is 1.33 bits per heavy atom. The van der Waals surface area contributed by atoms with Crippen LogP contribution in [0.5, 0.6) is 11.5 Å². The number of ether oxygens (including phenoxy) is 3. The van der Waals surface area contributed by atoms with Crippen molar-refractivity contribution in [3.63, 3.8) is 0 Å². The van der Waals surface area contributed by atoms with Gasteiger partial charge in [-0.1, -0.05) is 0 Å². The molecule has 27 heavy (non-hydrogen) atoms. The van der Waals surface area contributed by atoms with Crippen molar-refractivity contribution in [1.82, 2.24) is 0 Å². The number of thioether (sulfide) groups is 1. The van der Waals surface area contributed by atoms with Gasteiger partial charge in [0.25, 0.3) is 5.91 Å². The minimum absolute atomic E-state index is 0.0553. The van der Waals surface area contributed by atoms with Crippen LogP contribution < -0.4 is 14.8 Å². The molecular formula is C18H16N2O5S2. The Bertz CT molecular complexity index is 890. The molecule has 1 atom stereocenters. The van der Waals surface area contributed by atoms with Gasteiger partial charge in [-0.3, -0.25) is 9.59 Å². The summed E-state index contributed by atoms with van der Waals surface area (Å²) < 4.78 is 16.1. The van der Waals surface area contributed by atoms with Crippen LogP contribution in [0.1, 0.15) is 12.5 Å². The Morgan fingerprint density at radius 3 is 2.89 bits per heavy atom. The lowest BCUT2D eigenvalue weighted by Gasteiger charge is -2.18. The van der Waals surface area contributed by atoms with Crippen LogP contribution in [0.2, 0.25) is 0 Å². The number of carbonyl (C=O) groups excluding carboxylic acids is 2. The number of esters is 1. The van der Waals surface area contributed by atoms with Crippen LogP contribution in [0.3, 0.4) is 0 Å². The molecule has 0 bridgehead atoms. The van der Waals surface area contributed by atoms with Gasteiger partial charge in [-0.05, 0) is 36.6 Å². The third-order valence-corrected chi connectivity index (χ3v) is 5.37. The van der Waals surface area contributed by atoms with Gasteiger partial charge in [-0.25, -0.2) is 0 Å². The van der Waals surface area contributed by atoms with Gasteiger partial charge in [-0.15, -0.1) is 23.1 Å². The Hall–Kier alpha value is -2.70. The Morgan fingerprint density at radius 2 is 2.11 bits per heavy atom. The Labute approximate surface area is 164 Å². The summed E-state index contributed by atoms with van der Waals surface area (Å²) in [5.74, 6) is 0.399. The van der Waals surface area contributed by atoms with Crippen LogP contribution in [0.4, 0.5) is 5.00 Å². The molecule has 1 aliphatic rings. The number of anilines is 1. The first-order chi connectivity index (χ1) is 13.1. The second-order valence-corrected chi connectivity index (χ2v) is 7.46. The molecule has 2 aromatic rings. The lowest BCUT2D eigenvalue weighted by molar-refractivity contribution is -0.150. The van der Waals surface area contributed by atoms with E-state index in [2.05, 4.69) is 5.32 Å². The van der Waals surface area contributed by atoms with E-state index in [1.165, 1.54) is 30.0 Å². The van der Waals surface area contributed by atoms with Crippen LogP contribution in [0.25, 0.3) is 0 Å². The Balaban J connectivity index is 1.48. The number of hydrogen-bond donors (Lipinski definition) is 1. The summed E-state index contributed by atoms with van der Waals surface area (Å²) in [6, 6.07) is 9.04. The van der Waals surface area contributed by atoms with Crippen LogP contribution in [0.15, 0.2) is 34.5 Å². The molecule has 0 fully saturated rings. The van der Waals surface area contributed by atoms with E-state index in [1.807, 2.05) is 18.2 Å². The number of hydrogen-bond acceptors (Lipinski definition) is 8. The zero-order valence-corrected chi connectivity index (χ0v) is 16.0. The minimum Gasteiger partial charge on any atom is -0.486 e. The van der Waals surface area contributed by atoms with Gasteiger partial charge >= 0.3 is 5.97 Å². The normalized spacial score (nSPS) is 13.3. The van der Waals surface area contributed by atoms with E-state index >= 15 is 0 Å². The van der Waals surface area contributed by atoms with Gasteiger partial charge in [-0.2, -0.15) is 5.26 Å². The van der Waals surface area contributed by atoms with Gasteiger partial charge in [0.2, 0.25) is 0 Å². The SMILES string of the molecule is C[C@H](OC(=O)CSc1ccc2c(c1)OCCO2)C(=O)Nc1sccc1C#N. The highest BCUT2D eigenvalue weighted by Crippen LogP contribution is 2.34. The maximum atomic E-state index is 12.1. The molecule has 0 spiro atoms. The predicted octanol–water partition coefficient (Wildman–Crippen LogP) is 3.05. The molecule has 0 aliphatic carbocycles. The standard InChI is InChI=1S/C18H16N2O5S2/c1-11(17(22)20-18-12(9-19)4-7-26-18)25-16(21)10-27-13-2-3-14-15(8-13)24-6-5-23-14/h2-4,7-8,11H,5-6,10H2,1H3,(H,20,22)/t11-/m0/s1. The molecule has 1 aromatic carbocycles. The summed E-state index contributed by atoms with van der Waals surface area (Å²) in [4.78, 5) is 25.0. The topological polar surface area (TPSA) is 97.7 Å². The number of carbonyl (C=O) groups is 2. The van der Waals surface area contributed by atoms with Gasteiger partial charge in [0.1, 0.15) is 24.3 Å². The second kappa shape index (κ2) is 8.79. The van der Waals surface area contributed by atoms with Crippen molar-refractivity contribution in [2.24, 2.45) is 0 Å². The molecule has 1 aromatic heterocycles. The minimum atomic E-state index is -0.966. The summed E-state index contributed by atoms with van der Waals surface area (Å²) in [7, 11) is 0. The molecule has 1 N–H and O–H groups in total. The van der Waals surface area contributed by atoms with Crippen molar-refractivity contribution in [1.29, 1.82) is 5.26 Å². The van der Waals surface area contributed by atoms with Crippen LogP contribution in [-0.4, -0.2) is 36.9 Å². The van der Waals surface area contributed by atoms with E-state index in [0.717, 1.165) is 4.90 Å². The molecule has 0 unspecified atom stereocenters. The van der Waals surface area contributed by atoms with E-state index < -0.39 is 18.0 Å². The third kappa shape index (κ3) is 4.93. The molecular weight excluding hydrogens is 388 g/mol. The van der Waals surface area contributed by atoms with Crippen LogP contribution in [-0.2, 0) is 14.3 Å². The Kier molecular flexibility index (Phi) is 6.21. The molecule has 0 radical (unpaired) electrons. The molecule has 7 nitrogen and oxygen atoms in total. The number of benzene rings is 1. The molecule has 0 saturated heterocycles. The lowest BCUT2D eigenvalue weighted by atomic mass is 10.3. The first-order valence-electron chi connectivity index (χ1n) is 8.07. The molecule has 140 valence electrons. The van der Waals surface area contributed by atoms with E-state index in [9.17, 15) is 9.59 Å². The summed E-state index contributed by atoms with van der Waals surface area (Å²) in [5, 5.41) is 13.7. The van der Waals surface area contributed by atoms with E-state index in [-0.39, 0.29) is 5.75 Å². The van der Waals surface area contributed by atoms with Crippen LogP contribution in [0, 0.1) is 11.3 Å². The highest BCUT2D eigenvalue weighted by atomic mass is 32.2. The molecule has 1 aliphatic heterocycles. The average Bonchev–Trinajstić information content (AvgIpc) is 3.13. The molecule has 9 heteroatoms. The van der Waals surface area contributed by atoms with Gasteiger partial charge in [0.05, 0.1) is 11.3 Å². The van der Waals surface area contributed by atoms with E-state index in [4.69, 9.17) is 19.5 Å². The summed E-state index contributed by atoms with van der Waals surface area (Å²) in [6.07, 6.45) is -0.966. The molecule has 2 heterocycles. The summed E-state index contributed by atoms with van der Waals surface area (Å²) >= 11 is 2.52. The molecule has 3 rings (SSSR count). The van der Waals surface area contributed by atoms with E-state index in [0.29, 0.717) is 35.3 Å². The smallest absolute Gasteiger partial charge is 0.317 e. The number of fused-ring (bicyclic) bond motifs is 1. The highest BCUT2D eigenvalue weighted by molar-refractivity contribution is 8.00. The van der Waals surface area contributed by atoms with Gasteiger partial charge in [0.15, 0.2) is 17.6 Å². The van der Waals surface area contributed by atoms with Crippen LogP contribution >= 0.6 is 23.1 Å². The first-order valence-corrected chi connectivity index (χ1v) is 9.93. The number of nitrogens with zero attached hydrogens (tertiary/aromatic N) is 1. The number of nitrogens with one attached hydrogen (secondary N) is 1. The lowest BCUT2D eigenvalue weighted by Crippen LogP contribution is -2.30. The third-order valence-electron chi connectivity index (χ3n) is 3.57. The fourth-order valence-corrected chi connectivity index (χ4v) is 3.70.